The number of carbonyl (C=O) groups excluding carboxylic acids is 2. The molecule has 1 aromatic rings. The van der Waals surface area contributed by atoms with Crippen molar-refractivity contribution in [2.45, 2.75) is 43.9 Å². The van der Waals surface area contributed by atoms with Gasteiger partial charge in [0.05, 0.1) is 6.54 Å². The van der Waals surface area contributed by atoms with E-state index >= 15 is 0 Å². The minimum absolute atomic E-state index is 0.00451. The molecule has 0 unspecified atom stereocenters. The molecule has 5 heteroatoms. The van der Waals surface area contributed by atoms with Crippen LogP contribution in [0.5, 0.6) is 0 Å². The van der Waals surface area contributed by atoms with Gasteiger partial charge in [0, 0.05) is 19.0 Å². The molecule has 1 fully saturated rings. The van der Waals surface area contributed by atoms with Crippen molar-refractivity contribution >= 4 is 11.9 Å². The second-order valence-corrected chi connectivity index (χ2v) is 6.27. The van der Waals surface area contributed by atoms with Gasteiger partial charge in [-0.15, -0.1) is 0 Å². The maximum atomic E-state index is 12.0. The summed E-state index contributed by atoms with van der Waals surface area (Å²) in [5, 5.41) is 7.98. The average Bonchev–Trinajstić information content (AvgIpc) is 2.85. The number of benzene rings is 1. The Morgan fingerprint density at radius 3 is 2.26 bits per heavy atom. The smallest absolute Gasteiger partial charge is 0.314 e. The average molecular weight is 317 g/mol. The first kappa shape index (κ1) is 17.3. The minimum Gasteiger partial charge on any atom is -0.354 e. The van der Waals surface area contributed by atoms with E-state index in [1.165, 1.54) is 38.3 Å². The fourth-order valence-corrected chi connectivity index (χ4v) is 3.34. The fraction of sp³-hybridized carbons (Fsp3) is 0.556. The highest BCUT2D eigenvalue weighted by atomic mass is 16.2. The van der Waals surface area contributed by atoms with Crippen LogP contribution >= 0.6 is 0 Å². The quantitative estimate of drug-likeness (QED) is 0.729. The Morgan fingerprint density at radius 1 is 1.00 bits per heavy atom. The number of hydrogen-bond acceptors (Lipinski definition) is 2. The highest BCUT2D eigenvalue weighted by Crippen LogP contribution is 2.37. The van der Waals surface area contributed by atoms with Crippen molar-refractivity contribution in [3.05, 3.63) is 35.9 Å². The molecule has 2 rings (SSSR count). The summed E-state index contributed by atoms with van der Waals surface area (Å²) < 4.78 is 0. The van der Waals surface area contributed by atoms with Gasteiger partial charge < -0.3 is 16.0 Å². The first-order chi connectivity index (χ1) is 11.2. The molecular weight excluding hydrogens is 290 g/mol. The lowest BCUT2D eigenvalue weighted by molar-refractivity contribution is -0.120. The van der Waals surface area contributed by atoms with E-state index < -0.39 is 0 Å². The van der Waals surface area contributed by atoms with Crippen molar-refractivity contribution in [2.75, 3.05) is 20.1 Å². The zero-order chi connectivity index (χ0) is 16.5. The minimum atomic E-state index is -0.340. The Kier molecular flexibility index (Phi) is 6.44. The first-order valence-corrected chi connectivity index (χ1v) is 8.44. The van der Waals surface area contributed by atoms with Crippen LogP contribution in [0.15, 0.2) is 30.3 Å². The van der Waals surface area contributed by atoms with Gasteiger partial charge in [-0.2, -0.15) is 0 Å². The Bertz CT molecular complexity index is 508. The van der Waals surface area contributed by atoms with E-state index in [0.29, 0.717) is 6.54 Å². The molecule has 1 aromatic carbocycles. The zero-order valence-corrected chi connectivity index (χ0v) is 13.9. The molecular formula is C18H27N3O2. The van der Waals surface area contributed by atoms with Crippen LogP contribution in [0, 0.1) is 0 Å². The molecule has 3 N–H and O–H groups in total. The number of carbonyl (C=O) groups is 2. The lowest BCUT2D eigenvalue weighted by Crippen LogP contribution is -2.45. The Morgan fingerprint density at radius 2 is 1.65 bits per heavy atom. The summed E-state index contributed by atoms with van der Waals surface area (Å²) in [4.78, 5) is 23.2. The third-order valence-electron chi connectivity index (χ3n) is 4.71. The highest BCUT2D eigenvalue weighted by molar-refractivity contribution is 5.83. The largest absolute Gasteiger partial charge is 0.354 e. The van der Waals surface area contributed by atoms with Crippen LogP contribution in [0.2, 0.25) is 0 Å². The predicted octanol–water partition coefficient (Wildman–Crippen LogP) is 2.32. The Hall–Kier alpha value is -2.04. The number of amides is 3. The highest BCUT2D eigenvalue weighted by Gasteiger charge is 2.33. The monoisotopic (exact) mass is 317 g/mol. The molecule has 126 valence electrons. The summed E-state index contributed by atoms with van der Waals surface area (Å²) in [6.07, 6.45) is 7.12. The molecule has 0 atom stereocenters. The summed E-state index contributed by atoms with van der Waals surface area (Å²) in [5.41, 5.74) is 1.32. The van der Waals surface area contributed by atoms with E-state index in [1.54, 1.807) is 0 Å². The third-order valence-corrected chi connectivity index (χ3v) is 4.71. The topological polar surface area (TPSA) is 70.2 Å². The molecule has 3 amide bonds. The van der Waals surface area contributed by atoms with Gasteiger partial charge >= 0.3 is 6.03 Å². The van der Waals surface area contributed by atoms with Gasteiger partial charge in [-0.1, -0.05) is 56.0 Å². The summed E-state index contributed by atoms with van der Waals surface area (Å²) in [5.74, 6) is -0.145. The van der Waals surface area contributed by atoms with Crippen LogP contribution in [-0.2, 0) is 10.2 Å². The second-order valence-electron chi connectivity index (χ2n) is 6.27. The van der Waals surface area contributed by atoms with Crippen LogP contribution in [0.25, 0.3) is 0 Å². The molecule has 0 bridgehead atoms. The van der Waals surface area contributed by atoms with Crippen molar-refractivity contribution in [1.82, 2.24) is 16.0 Å². The van der Waals surface area contributed by atoms with Crippen LogP contribution in [0.3, 0.4) is 0 Å². The first-order valence-electron chi connectivity index (χ1n) is 8.44. The Labute approximate surface area is 138 Å². The van der Waals surface area contributed by atoms with E-state index in [9.17, 15) is 9.59 Å². The summed E-state index contributed by atoms with van der Waals surface area (Å²) in [6, 6.07) is 10.2. The van der Waals surface area contributed by atoms with Crippen molar-refractivity contribution < 1.29 is 9.59 Å². The maximum absolute atomic E-state index is 12.0. The zero-order valence-electron chi connectivity index (χ0n) is 13.9. The van der Waals surface area contributed by atoms with Crippen molar-refractivity contribution in [3.63, 3.8) is 0 Å². The number of nitrogens with one attached hydrogen (secondary N) is 3. The molecule has 23 heavy (non-hydrogen) atoms. The predicted molar refractivity (Wildman–Crippen MR) is 91.3 cm³/mol. The van der Waals surface area contributed by atoms with Gasteiger partial charge in [-0.25, -0.2) is 4.79 Å². The standard InChI is InChI=1S/C18H27N3O2/c1-19-17(23)20-13-16(22)21-14-18(11-7-2-3-8-12-18)15-9-5-4-6-10-15/h4-6,9-10H,2-3,7-8,11-14H2,1H3,(H,21,22)(H2,19,20,23). The Balaban J connectivity index is 2.01. The molecule has 0 saturated heterocycles. The third kappa shape index (κ3) is 4.98. The van der Waals surface area contributed by atoms with E-state index in [4.69, 9.17) is 0 Å². The van der Waals surface area contributed by atoms with E-state index in [2.05, 4.69) is 40.2 Å². The van der Waals surface area contributed by atoms with Gasteiger partial charge in [-0.05, 0) is 18.4 Å². The van der Waals surface area contributed by atoms with Crippen LogP contribution in [0.1, 0.15) is 44.1 Å². The summed E-state index contributed by atoms with van der Waals surface area (Å²) in [6.45, 7) is 0.635. The summed E-state index contributed by atoms with van der Waals surface area (Å²) >= 11 is 0. The lowest BCUT2D eigenvalue weighted by atomic mass is 9.74. The number of rotatable bonds is 5. The van der Waals surface area contributed by atoms with E-state index in [-0.39, 0.29) is 23.9 Å². The van der Waals surface area contributed by atoms with Crippen molar-refractivity contribution in [3.8, 4) is 0 Å². The van der Waals surface area contributed by atoms with E-state index in [1.807, 2.05) is 6.07 Å². The van der Waals surface area contributed by atoms with Crippen LogP contribution in [-0.4, -0.2) is 32.1 Å². The van der Waals surface area contributed by atoms with Gasteiger partial charge in [0.15, 0.2) is 0 Å². The molecule has 0 aliphatic heterocycles. The number of urea groups is 1. The molecule has 0 heterocycles. The summed E-state index contributed by atoms with van der Waals surface area (Å²) in [7, 11) is 1.53. The molecule has 0 spiro atoms. The van der Waals surface area contributed by atoms with E-state index in [0.717, 1.165) is 12.8 Å². The van der Waals surface area contributed by atoms with Gasteiger partial charge in [0.25, 0.3) is 0 Å². The van der Waals surface area contributed by atoms with Crippen molar-refractivity contribution in [1.29, 1.82) is 0 Å². The molecule has 0 radical (unpaired) electrons. The SMILES string of the molecule is CNC(=O)NCC(=O)NCC1(c2ccccc2)CCCCCC1. The van der Waals surface area contributed by atoms with Gasteiger partial charge in [0.1, 0.15) is 0 Å². The normalized spacial score (nSPS) is 16.9. The lowest BCUT2D eigenvalue weighted by Gasteiger charge is -2.34. The fourth-order valence-electron chi connectivity index (χ4n) is 3.34. The maximum Gasteiger partial charge on any atom is 0.314 e. The second kappa shape index (κ2) is 8.56. The molecule has 1 aliphatic carbocycles. The molecule has 1 saturated carbocycles. The van der Waals surface area contributed by atoms with Crippen molar-refractivity contribution in [2.24, 2.45) is 0 Å². The molecule has 1 aliphatic rings. The van der Waals surface area contributed by atoms with Gasteiger partial charge in [0.2, 0.25) is 5.91 Å². The number of hydrogen-bond donors (Lipinski definition) is 3. The van der Waals surface area contributed by atoms with Gasteiger partial charge in [-0.3, -0.25) is 4.79 Å². The van der Waals surface area contributed by atoms with Crippen LogP contribution < -0.4 is 16.0 Å². The molecule has 5 nitrogen and oxygen atoms in total. The van der Waals surface area contributed by atoms with Crippen LogP contribution in [0.4, 0.5) is 4.79 Å². The molecule has 0 aromatic heterocycles.